The summed E-state index contributed by atoms with van der Waals surface area (Å²) in [6.07, 6.45) is 4.43. The number of carbonyl (C=O) groups is 1. The maximum absolute atomic E-state index is 12.5. The van der Waals surface area contributed by atoms with Crippen molar-refractivity contribution in [2.45, 2.75) is 25.4 Å². The summed E-state index contributed by atoms with van der Waals surface area (Å²) in [6.45, 7) is 1.12. The molecule has 1 aromatic heterocycles. The van der Waals surface area contributed by atoms with E-state index in [0.717, 1.165) is 0 Å². The highest BCUT2D eigenvalue weighted by atomic mass is 16.3. The second-order valence-corrected chi connectivity index (χ2v) is 4.72. The lowest BCUT2D eigenvalue weighted by Crippen LogP contribution is -2.40. The van der Waals surface area contributed by atoms with Crippen molar-refractivity contribution in [1.29, 1.82) is 0 Å². The Morgan fingerprint density at radius 3 is 2.90 bits per heavy atom. The highest BCUT2D eigenvalue weighted by molar-refractivity contribution is 5.96. The SMILES string of the molecule is O=C(c1ccncc1C#CCCO)N1CCC(O)CC1. The van der Waals surface area contributed by atoms with Crippen LogP contribution in [-0.4, -0.2) is 51.8 Å². The average Bonchev–Trinajstić information content (AvgIpc) is 2.48. The normalized spacial score (nSPS) is 15.6. The number of amides is 1. The van der Waals surface area contributed by atoms with E-state index in [-0.39, 0.29) is 18.6 Å². The van der Waals surface area contributed by atoms with E-state index in [9.17, 15) is 9.90 Å². The van der Waals surface area contributed by atoms with Crippen molar-refractivity contribution in [3.05, 3.63) is 29.6 Å². The van der Waals surface area contributed by atoms with Gasteiger partial charge in [0.25, 0.3) is 5.91 Å². The van der Waals surface area contributed by atoms with E-state index in [2.05, 4.69) is 16.8 Å². The van der Waals surface area contributed by atoms with Crippen LogP contribution in [0.4, 0.5) is 0 Å². The van der Waals surface area contributed by atoms with Crippen molar-refractivity contribution in [2.75, 3.05) is 19.7 Å². The van der Waals surface area contributed by atoms with E-state index in [1.807, 2.05) is 0 Å². The molecule has 0 unspecified atom stereocenters. The molecule has 5 nitrogen and oxygen atoms in total. The summed E-state index contributed by atoms with van der Waals surface area (Å²) >= 11 is 0. The average molecular weight is 274 g/mol. The Labute approximate surface area is 118 Å². The molecule has 20 heavy (non-hydrogen) atoms. The molecule has 0 spiro atoms. The van der Waals surface area contributed by atoms with Crippen molar-refractivity contribution in [3.63, 3.8) is 0 Å². The highest BCUT2D eigenvalue weighted by Gasteiger charge is 2.23. The van der Waals surface area contributed by atoms with Crippen LogP contribution in [0, 0.1) is 11.8 Å². The first-order valence-corrected chi connectivity index (χ1v) is 6.73. The zero-order valence-corrected chi connectivity index (χ0v) is 11.2. The second-order valence-electron chi connectivity index (χ2n) is 4.72. The van der Waals surface area contributed by atoms with Gasteiger partial charge in [0.15, 0.2) is 0 Å². The molecule has 1 fully saturated rings. The molecular formula is C15H18N2O3. The number of carbonyl (C=O) groups excluding carboxylic acids is 1. The summed E-state index contributed by atoms with van der Waals surface area (Å²) in [6, 6.07) is 1.66. The van der Waals surface area contributed by atoms with Gasteiger partial charge in [-0.2, -0.15) is 0 Å². The first-order chi connectivity index (χ1) is 9.72. The number of piperidine rings is 1. The number of rotatable bonds is 2. The van der Waals surface area contributed by atoms with E-state index in [0.29, 0.717) is 43.5 Å². The van der Waals surface area contributed by atoms with Gasteiger partial charge in [0.2, 0.25) is 0 Å². The highest BCUT2D eigenvalue weighted by Crippen LogP contribution is 2.15. The predicted octanol–water partition coefficient (Wildman–Crippen LogP) is 0.412. The number of aliphatic hydroxyl groups excluding tert-OH is 2. The quantitative estimate of drug-likeness (QED) is 0.766. The van der Waals surface area contributed by atoms with Crippen molar-refractivity contribution in [2.24, 2.45) is 0 Å². The summed E-state index contributed by atoms with van der Waals surface area (Å²) in [4.78, 5) is 18.2. The van der Waals surface area contributed by atoms with E-state index >= 15 is 0 Å². The molecule has 0 bridgehead atoms. The second kappa shape index (κ2) is 7.04. The van der Waals surface area contributed by atoms with Gasteiger partial charge < -0.3 is 15.1 Å². The zero-order chi connectivity index (χ0) is 14.4. The van der Waals surface area contributed by atoms with Crippen LogP contribution in [0.5, 0.6) is 0 Å². The Kier molecular flexibility index (Phi) is 5.10. The third-order valence-corrected chi connectivity index (χ3v) is 3.26. The summed E-state index contributed by atoms with van der Waals surface area (Å²) < 4.78 is 0. The van der Waals surface area contributed by atoms with Crippen LogP contribution in [0.2, 0.25) is 0 Å². The molecule has 106 valence electrons. The predicted molar refractivity (Wildman–Crippen MR) is 74.0 cm³/mol. The lowest BCUT2D eigenvalue weighted by Gasteiger charge is -2.29. The van der Waals surface area contributed by atoms with Crippen LogP contribution in [0.1, 0.15) is 35.2 Å². The van der Waals surface area contributed by atoms with E-state index in [1.165, 1.54) is 0 Å². The molecule has 0 saturated carbocycles. The van der Waals surface area contributed by atoms with Gasteiger partial charge in [-0.05, 0) is 18.9 Å². The number of pyridine rings is 1. The number of nitrogens with zero attached hydrogens (tertiary/aromatic N) is 2. The molecule has 0 radical (unpaired) electrons. The van der Waals surface area contributed by atoms with E-state index in [1.54, 1.807) is 23.4 Å². The van der Waals surface area contributed by atoms with Gasteiger partial charge in [0.05, 0.1) is 23.8 Å². The Hall–Kier alpha value is -1.90. The Bertz CT molecular complexity index is 525. The molecule has 2 rings (SSSR count). The third-order valence-electron chi connectivity index (χ3n) is 3.26. The van der Waals surface area contributed by atoms with Crippen molar-refractivity contribution in [3.8, 4) is 11.8 Å². The maximum atomic E-state index is 12.5. The van der Waals surface area contributed by atoms with E-state index < -0.39 is 0 Å². The summed E-state index contributed by atoms with van der Waals surface area (Å²) in [5.41, 5.74) is 1.11. The Balaban J connectivity index is 2.16. The minimum Gasteiger partial charge on any atom is -0.395 e. The molecule has 1 aromatic rings. The molecule has 0 atom stereocenters. The van der Waals surface area contributed by atoms with Crippen molar-refractivity contribution >= 4 is 5.91 Å². The van der Waals surface area contributed by atoms with Crippen LogP contribution < -0.4 is 0 Å². The fraction of sp³-hybridized carbons (Fsp3) is 0.467. The van der Waals surface area contributed by atoms with Gasteiger partial charge >= 0.3 is 0 Å². The summed E-state index contributed by atoms with van der Waals surface area (Å²) in [7, 11) is 0. The lowest BCUT2D eigenvalue weighted by molar-refractivity contribution is 0.0546. The Morgan fingerprint density at radius 1 is 1.45 bits per heavy atom. The topological polar surface area (TPSA) is 73.7 Å². The van der Waals surface area contributed by atoms with Gasteiger partial charge in [-0.1, -0.05) is 11.8 Å². The molecular weight excluding hydrogens is 256 g/mol. The number of hydrogen-bond acceptors (Lipinski definition) is 4. The number of aromatic nitrogens is 1. The first kappa shape index (κ1) is 14.5. The summed E-state index contributed by atoms with van der Waals surface area (Å²) in [5.74, 6) is 5.60. The van der Waals surface area contributed by atoms with Gasteiger partial charge in [0.1, 0.15) is 0 Å². The minimum absolute atomic E-state index is 0.000551. The molecule has 0 aromatic carbocycles. The van der Waals surface area contributed by atoms with Crippen molar-refractivity contribution < 1.29 is 15.0 Å². The number of aliphatic hydroxyl groups is 2. The standard InChI is InChI=1S/C15H18N2O3/c18-10-2-1-3-12-11-16-7-4-14(12)15(20)17-8-5-13(19)6-9-17/h4,7,11,13,18-19H,2,5-6,8-10H2. The monoisotopic (exact) mass is 274 g/mol. The first-order valence-electron chi connectivity index (χ1n) is 6.73. The van der Waals surface area contributed by atoms with Crippen LogP contribution in [-0.2, 0) is 0 Å². The lowest BCUT2D eigenvalue weighted by atomic mass is 10.0. The number of likely N-dealkylation sites (tertiary alicyclic amines) is 1. The maximum Gasteiger partial charge on any atom is 0.255 e. The molecule has 1 aliphatic rings. The van der Waals surface area contributed by atoms with Gasteiger partial charge in [0, 0.05) is 31.9 Å². The fourth-order valence-electron chi connectivity index (χ4n) is 2.13. The summed E-state index contributed by atoms with van der Waals surface area (Å²) in [5, 5.41) is 18.2. The largest absolute Gasteiger partial charge is 0.395 e. The molecule has 1 amide bonds. The van der Waals surface area contributed by atoms with Crippen LogP contribution in [0.25, 0.3) is 0 Å². The zero-order valence-electron chi connectivity index (χ0n) is 11.2. The molecule has 1 aliphatic heterocycles. The third kappa shape index (κ3) is 3.56. The van der Waals surface area contributed by atoms with Gasteiger partial charge in [-0.15, -0.1) is 0 Å². The van der Waals surface area contributed by atoms with Gasteiger partial charge in [-0.25, -0.2) is 0 Å². The number of hydrogen-bond donors (Lipinski definition) is 2. The molecule has 1 saturated heterocycles. The smallest absolute Gasteiger partial charge is 0.255 e. The van der Waals surface area contributed by atoms with E-state index in [4.69, 9.17) is 5.11 Å². The van der Waals surface area contributed by atoms with Crippen LogP contribution >= 0.6 is 0 Å². The molecule has 2 heterocycles. The fourth-order valence-corrected chi connectivity index (χ4v) is 2.13. The molecule has 2 N–H and O–H groups in total. The Morgan fingerprint density at radius 2 is 2.20 bits per heavy atom. The van der Waals surface area contributed by atoms with Gasteiger partial charge in [-0.3, -0.25) is 9.78 Å². The molecule has 5 heteroatoms. The van der Waals surface area contributed by atoms with Crippen LogP contribution in [0.15, 0.2) is 18.5 Å². The van der Waals surface area contributed by atoms with Crippen molar-refractivity contribution in [1.82, 2.24) is 9.88 Å². The molecule has 0 aliphatic carbocycles. The minimum atomic E-state index is -0.305. The van der Waals surface area contributed by atoms with Crippen LogP contribution in [0.3, 0.4) is 0 Å².